The molecule has 1 saturated heterocycles. The molecule has 1 aromatic carbocycles. The molecule has 2 heterocycles. The van der Waals surface area contributed by atoms with Gasteiger partial charge in [0.25, 0.3) is 5.91 Å². The molecule has 0 saturated carbocycles. The number of benzene rings is 1. The van der Waals surface area contributed by atoms with Crippen molar-refractivity contribution in [3.63, 3.8) is 0 Å². The van der Waals surface area contributed by atoms with Gasteiger partial charge >= 0.3 is 0 Å². The van der Waals surface area contributed by atoms with Crippen molar-refractivity contribution in [3.8, 4) is 0 Å². The summed E-state index contributed by atoms with van der Waals surface area (Å²) in [5.41, 5.74) is 1.22. The van der Waals surface area contributed by atoms with Crippen LogP contribution < -0.4 is 4.90 Å². The highest BCUT2D eigenvalue weighted by molar-refractivity contribution is 6.04. The van der Waals surface area contributed by atoms with E-state index in [9.17, 15) is 19.8 Å². The van der Waals surface area contributed by atoms with Crippen LogP contribution >= 0.6 is 0 Å². The topological polar surface area (TPSA) is 81.1 Å². The molecule has 0 bridgehead atoms. The summed E-state index contributed by atoms with van der Waals surface area (Å²) in [6, 6.07) is 5.47. The highest BCUT2D eigenvalue weighted by atomic mass is 16.3. The maximum absolute atomic E-state index is 13.0. The Morgan fingerprint density at radius 2 is 1.96 bits per heavy atom. The van der Waals surface area contributed by atoms with Crippen LogP contribution in [0.4, 0.5) is 5.69 Å². The molecule has 3 rings (SSSR count). The van der Waals surface area contributed by atoms with Crippen molar-refractivity contribution >= 4 is 17.5 Å². The lowest BCUT2D eigenvalue weighted by atomic mass is 9.91. The number of likely N-dealkylation sites (tertiary alicyclic amines) is 1. The van der Waals surface area contributed by atoms with Crippen molar-refractivity contribution in [2.45, 2.75) is 31.3 Å². The summed E-state index contributed by atoms with van der Waals surface area (Å²) in [6.07, 6.45) is 3.59. The fourth-order valence-electron chi connectivity index (χ4n) is 3.62. The normalized spacial score (nSPS) is 19.3. The summed E-state index contributed by atoms with van der Waals surface area (Å²) in [4.78, 5) is 28.4. The lowest BCUT2D eigenvalue weighted by Gasteiger charge is -2.37. The van der Waals surface area contributed by atoms with Crippen LogP contribution in [-0.2, 0) is 11.2 Å². The molecule has 2 amide bonds. The molecular formula is C19H24N2O4. The zero-order valence-electron chi connectivity index (χ0n) is 14.3. The summed E-state index contributed by atoms with van der Waals surface area (Å²) >= 11 is 0. The fraction of sp³-hybridized carbons (Fsp3) is 0.474. The lowest BCUT2D eigenvalue weighted by molar-refractivity contribution is -0.114. The van der Waals surface area contributed by atoms with E-state index in [1.807, 2.05) is 6.07 Å². The predicted molar refractivity (Wildman–Crippen MR) is 94.5 cm³/mol. The number of nitrogens with zero attached hydrogens (tertiary/aromatic N) is 2. The number of piperidine rings is 1. The second-order valence-corrected chi connectivity index (χ2v) is 6.78. The third kappa shape index (κ3) is 3.32. The number of fused-ring (bicyclic) bond motifs is 1. The second kappa shape index (κ2) is 6.98. The Morgan fingerprint density at radius 3 is 2.60 bits per heavy atom. The van der Waals surface area contributed by atoms with E-state index in [1.165, 1.54) is 6.08 Å². The molecule has 6 nitrogen and oxygen atoms in total. The van der Waals surface area contributed by atoms with Crippen molar-refractivity contribution < 1.29 is 19.8 Å². The molecule has 0 aromatic heterocycles. The van der Waals surface area contributed by atoms with Gasteiger partial charge in [-0.2, -0.15) is 0 Å². The molecule has 0 aliphatic carbocycles. The van der Waals surface area contributed by atoms with E-state index >= 15 is 0 Å². The first-order valence-corrected chi connectivity index (χ1v) is 8.67. The highest BCUT2D eigenvalue weighted by Crippen LogP contribution is 2.32. The average molecular weight is 344 g/mol. The Hall–Kier alpha value is -2.18. The maximum Gasteiger partial charge on any atom is 0.254 e. The van der Waals surface area contributed by atoms with Crippen LogP contribution in [0.3, 0.4) is 0 Å². The van der Waals surface area contributed by atoms with E-state index in [4.69, 9.17) is 0 Å². The Kier molecular flexibility index (Phi) is 4.92. The predicted octanol–water partition coefficient (Wildman–Crippen LogP) is 1.11. The molecule has 2 N–H and O–H groups in total. The van der Waals surface area contributed by atoms with Gasteiger partial charge in [-0.1, -0.05) is 12.6 Å². The van der Waals surface area contributed by atoms with Crippen LogP contribution in [0.2, 0.25) is 0 Å². The van der Waals surface area contributed by atoms with Crippen LogP contribution in [0.15, 0.2) is 30.9 Å². The number of anilines is 1. The number of amides is 2. The Balaban J connectivity index is 1.85. The number of hydrogen-bond donors (Lipinski definition) is 2. The monoisotopic (exact) mass is 344 g/mol. The van der Waals surface area contributed by atoms with Gasteiger partial charge in [0, 0.05) is 30.9 Å². The van der Waals surface area contributed by atoms with Gasteiger partial charge in [-0.05, 0) is 49.5 Å². The number of carbonyl (C=O) groups excluding carboxylic acids is 2. The molecular weight excluding hydrogens is 320 g/mol. The van der Waals surface area contributed by atoms with E-state index in [2.05, 4.69) is 6.58 Å². The smallest absolute Gasteiger partial charge is 0.254 e. The van der Waals surface area contributed by atoms with Gasteiger partial charge < -0.3 is 20.0 Å². The van der Waals surface area contributed by atoms with Crippen LogP contribution in [0.25, 0.3) is 0 Å². The van der Waals surface area contributed by atoms with E-state index in [0.717, 1.165) is 24.1 Å². The molecule has 2 aliphatic heterocycles. The molecule has 1 fully saturated rings. The maximum atomic E-state index is 13.0. The first-order valence-electron chi connectivity index (χ1n) is 8.67. The van der Waals surface area contributed by atoms with Crippen molar-refractivity contribution in [1.82, 2.24) is 4.90 Å². The lowest BCUT2D eigenvalue weighted by Crippen LogP contribution is -2.48. The number of aliphatic hydroxyl groups excluding tert-OH is 1. The number of hydrogen-bond acceptors (Lipinski definition) is 4. The second-order valence-electron chi connectivity index (χ2n) is 6.78. The molecule has 0 spiro atoms. The SMILES string of the molecule is C=CC(=O)N1CCCc2c(C(=O)N3CCC(O)(CO)CC3)cccc21. The van der Waals surface area contributed by atoms with Gasteiger partial charge in [-0.15, -0.1) is 0 Å². The first kappa shape index (κ1) is 17.6. The van der Waals surface area contributed by atoms with Crippen molar-refractivity contribution in [1.29, 1.82) is 0 Å². The summed E-state index contributed by atoms with van der Waals surface area (Å²) in [7, 11) is 0. The zero-order chi connectivity index (χ0) is 18.0. The summed E-state index contributed by atoms with van der Waals surface area (Å²) in [5, 5.41) is 19.4. The Bertz CT molecular complexity index is 693. The molecule has 134 valence electrons. The van der Waals surface area contributed by atoms with Gasteiger partial charge in [0.05, 0.1) is 12.2 Å². The van der Waals surface area contributed by atoms with Crippen molar-refractivity contribution in [2.24, 2.45) is 0 Å². The third-order valence-electron chi connectivity index (χ3n) is 5.20. The molecule has 6 heteroatoms. The standard InChI is InChI=1S/C19H24N2O4/c1-2-17(23)21-10-4-6-14-15(5-3-7-16(14)21)18(24)20-11-8-19(25,13-22)9-12-20/h2-3,5,7,22,25H,1,4,6,8-13H2. The highest BCUT2D eigenvalue weighted by Gasteiger charge is 2.34. The molecule has 0 unspecified atom stereocenters. The van der Waals surface area contributed by atoms with E-state index in [-0.39, 0.29) is 18.4 Å². The fourth-order valence-corrected chi connectivity index (χ4v) is 3.62. The van der Waals surface area contributed by atoms with Crippen LogP contribution in [-0.4, -0.2) is 58.8 Å². The number of carbonyl (C=O) groups is 2. The quantitative estimate of drug-likeness (QED) is 0.805. The first-order chi connectivity index (χ1) is 12.0. The zero-order valence-corrected chi connectivity index (χ0v) is 14.3. The summed E-state index contributed by atoms with van der Waals surface area (Å²) < 4.78 is 0. The van der Waals surface area contributed by atoms with E-state index in [1.54, 1.807) is 21.9 Å². The number of aliphatic hydroxyl groups is 2. The molecule has 1 aromatic rings. The minimum Gasteiger partial charge on any atom is -0.393 e. The van der Waals surface area contributed by atoms with Crippen molar-refractivity contribution in [2.75, 3.05) is 31.1 Å². The molecule has 0 radical (unpaired) electrons. The molecule has 2 aliphatic rings. The van der Waals surface area contributed by atoms with Crippen molar-refractivity contribution in [3.05, 3.63) is 42.0 Å². The largest absolute Gasteiger partial charge is 0.393 e. The average Bonchev–Trinajstić information content (AvgIpc) is 2.66. The Morgan fingerprint density at radius 1 is 1.24 bits per heavy atom. The van der Waals surface area contributed by atoms with Gasteiger partial charge in [0.1, 0.15) is 0 Å². The van der Waals surface area contributed by atoms with Crippen LogP contribution in [0, 0.1) is 0 Å². The number of rotatable bonds is 3. The minimum atomic E-state index is -1.08. The van der Waals surface area contributed by atoms with E-state index in [0.29, 0.717) is 38.0 Å². The van der Waals surface area contributed by atoms with Gasteiger partial charge in [-0.25, -0.2) is 0 Å². The van der Waals surface area contributed by atoms with Crippen LogP contribution in [0.5, 0.6) is 0 Å². The molecule has 25 heavy (non-hydrogen) atoms. The van der Waals surface area contributed by atoms with Gasteiger partial charge in [-0.3, -0.25) is 9.59 Å². The Labute approximate surface area is 147 Å². The summed E-state index contributed by atoms with van der Waals surface area (Å²) in [5.74, 6) is -0.235. The van der Waals surface area contributed by atoms with Crippen LogP contribution in [0.1, 0.15) is 35.2 Å². The summed E-state index contributed by atoms with van der Waals surface area (Å²) in [6.45, 7) is 4.72. The minimum absolute atomic E-state index is 0.0789. The van der Waals surface area contributed by atoms with Gasteiger partial charge in [0.2, 0.25) is 5.91 Å². The molecule has 0 atom stereocenters. The third-order valence-corrected chi connectivity index (χ3v) is 5.20. The van der Waals surface area contributed by atoms with Gasteiger partial charge in [0.15, 0.2) is 0 Å². The van der Waals surface area contributed by atoms with E-state index < -0.39 is 5.60 Å².